The fraction of sp³-hybridized carbons (Fsp3) is 0.600. The maximum absolute atomic E-state index is 12.7. The first-order chi connectivity index (χ1) is 13.9. The first kappa shape index (κ1) is 23.7. The zero-order valence-corrected chi connectivity index (χ0v) is 20.7. The summed E-state index contributed by atoms with van der Waals surface area (Å²) in [6.45, 7) is 12.6. The van der Waals surface area contributed by atoms with E-state index in [-0.39, 0.29) is 24.2 Å². The van der Waals surface area contributed by atoms with Crippen LogP contribution in [0, 0.1) is 11.3 Å². The van der Waals surface area contributed by atoms with E-state index >= 15 is 0 Å². The fourth-order valence-corrected chi connectivity index (χ4v) is 5.72. The highest BCUT2D eigenvalue weighted by atomic mass is 28.2. The summed E-state index contributed by atoms with van der Waals surface area (Å²) in [5.74, 6) is 0.0983. The van der Waals surface area contributed by atoms with Crippen LogP contribution in [0.5, 0.6) is 0 Å². The lowest BCUT2D eigenvalue weighted by atomic mass is 9.76. The van der Waals surface area contributed by atoms with Gasteiger partial charge < -0.3 is 23.6 Å². The van der Waals surface area contributed by atoms with E-state index in [1.807, 2.05) is 6.07 Å². The van der Waals surface area contributed by atoms with Crippen molar-refractivity contribution >= 4 is 25.6 Å². The van der Waals surface area contributed by atoms with Crippen molar-refractivity contribution in [2.24, 2.45) is 11.3 Å². The fourth-order valence-electron chi connectivity index (χ4n) is 3.87. The van der Waals surface area contributed by atoms with E-state index in [0.717, 1.165) is 0 Å². The van der Waals surface area contributed by atoms with Crippen molar-refractivity contribution in [2.45, 2.75) is 51.8 Å². The molecule has 1 unspecified atom stereocenters. The second-order valence-corrected chi connectivity index (χ2v) is 9.63. The Hall–Kier alpha value is -1.53. The maximum Gasteiger partial charge on any atom is 0.410 e. The van der Waals surface area contributed by atoms with Gasteiger partial charge in [0.2, 0.25) is 0 Å². The number of ether oxygens (including phenoxy) is 1. The summed E-state index contributed by atoms with van der Waals surface area (Å²) in [5, 5.41) is 11.0. The van der Waals surface area contributed by atoms with E-state index in [9.17, 15) is 9.90 Å². The molecule has 0 aliphatic carbocycles. The molecule has 0 spiro atoms. The highest BCUT2D eigenvalue weighted by molar-refractivity contribution is 6.26. The van der Waals surface area contributed by atoms with Crippen LogP contribution >= 0.6 is 0 Å². The summed E-state index contributed by atoms with van der Waals surface area (Å²) in [7, 11) is -1.30. The van der Waals surface area contributed by atoms with E-state index in [1.54, 1.807) is 23.4 Å². The molecule has 0 bridgehead atoms. The molecular weight excluding hydrogens is 404 g/mol. The molecule has 29 heavy (non-hydrogen) atoms. The normalized spacial score (nSPS) is 22.4. The summed E-state index contributed by atoms with van der Waals surface area (Å²) in [6.07, 6.45) is 3.91. The Kier molecular flexibility index (Phi) is 9.03. The Balaban J connectivity index is 2.28. The summed E-state index contributed by atoms with van der Waals surface area (Å²) < 4.78 is 17.4. The lowest BCUT2D eigenvalue weighted by Crippen LogP contribution is -2.43. The quantitative estimate of drug-likeness (QED) is 0.341. The van der Waals surface area contributed by atoms with Gasteiger partial charge in [0.05, 0.1) is 6.04 Å². The molecule has 0 aromatic carbocycles. The van der Waals surface area contributed by atoms with Crippen molar-refractivity contribution in [3.63, 3.8) is 0 Å². The predicted molar refractivity (Wildman–Crippen MR) is 118 cm³/mol. The lowest BCUT2D eigenvalue weighted by Gasteiger charge is -2.39. The molecule has 1 saturated heterocycles. The number of carbonyl (C=O) groups is 1. The first-order valence-corrected chi connectivity index (χ1v) is 14.2. The molecular formula is C20H34N2O5Si2. The number of aliphatic hydroxyl groups excluding tert-OH is 1. The molecule has 2 rings (SSSR count). The third-order valence-corrected chi connectivity index (χ3v) is 6.86. The topological polar surface area (TPSA) is 81.1 Å². The monoisotopic (exact) mass is 438 g/mol. The lowest BCUT2D eigenvalue weighted by molar-refractivity contribution is -0.103. The largest absolute Gasteiger partial charge is 0.445 e. The number of likely N-dealkylation sites (tertiary alicyclic amines) is 1. The SMILES string of the molecule is C=CCOC(=O)N1C[C@@H](C(C)(C)C(O[SiH2]C)O[SiH2]C)C[C@H]1C(O)c1cccnc1. The number of aromatic nitrogens is 1. The average molecular weight is 439 g/mol. The highest BCUT2D eigenvalue weighted by Crippen LogP contribution is 2.44. The minimum atomic E-state index is -0.845. The van der Waals surface area contributed by atoms with Gasteiger partial charge in [-0.05, 0) is 18.4 Å². The molecule has 9 heteroatoms. The number of amides is 1. The Labute approximate surface area is 178 Å². The van der Waals surface area contributed by atoms with Crippen LogP contribution in [0.4, 0.5) is 4.79 Å². The third-order valence-electron chi connectivity index (χ3n) is 5.59. The van der Waals surface area contributed by atoms with Crippen LogP contribution in [0.1, 0.15) is 31.9 Å². The molecule has 7 nitrogen and oxygen atoms in total. The Bertz CT molecular complexity index is 656. The van der Waals surface area contributed by atoms with Gasteiger partial charge in [-0.15, -0.1) is 0 Å². The summed E-state index contributed by atoms with van der Waals surface area (Å²) >= 11 is 0. The standard InChI is InChI=1S/C20H34N2O5Si2/c1-6-10-25-19(24)22-13-15(20(2,3)18(26-28-4)27-29-5)11-16(22)17(23)14-8-7-9-21-12-14/h6-9,12,15-18,23H,1,10-11,13,28-29H2,2-5H3/t15-,16-,17?/m0/s1. The van der Waals surface area contributed by atoms with Gasteiger partial charge in [-0.1, -0.05) is 45.7 Å². The molecule has 3 atom stereocenters. The second kappa shape index (κ2) is 11.0. The van der Waals surface area contributed by atoms with Crippen molar-refractivity contribution in [2.75, 3.05) is 13.2 Å². The maximum atomic E-state index is 12.7. The molecule has 0 radical (unpaired) electrons. The van der Waals surface area contributed by atoms with E-state index in [0.29, 0.717) is 18.5 Å². The first-order valence-electron chi connectivity index (χ1n) is 10.2. The third kappa shape index (κ3) is 5.76. The van der Waals surface area contributed by atoms with E-state index in [1.165, 1.54) is 6.08 Å². The van der Waals surface area contributed by atoms with Crippen molar-refractivity contribution < 1.29 is 23.5 Å². The van der Waals surface area contributed by atoms with Crippen molar-refractivity contribution in [3.05, 3.63) is 42.7 Å². The minimum Gasteiger partial charge on any atom is -0.445 e. The zero-order chi connectivity index (χ0) is 21.4. The second-order valence-electron chi connectivity index (χ2n) is 7.81. The van der Waals surface area contributed by atoms with Crippen molar-refractivity contribution in [3.8, 4) is 0 Å². The number of nitrogens with zero attached hydrogens (tertiary/aromatic N) is 2. The molecule has 1 amide bonds. The van der Waals surface area contributed by atoms with Gasteiger partial charge in [0, 0.05) is 29.9 Å². The number of aliphatic hydroxyl groups is 1. The Morgan fingerprint density at radius 2 is 2.14 bits per heavy atom. The molecule has 1 fully saturated rings. The van der Waals surface area contributed by atoms with Gasteiger partial charge in [-0.2, -0.15) is 0 Å². The zero-order valence-electron chi connectivity index (χ0n) is 17.9. The van der Waals surface area contributed by atoms with Gasteiger partial charge >= 0.3 is 6.09 Å². The molecule has 162 valence electrons. The van der Waals surface area contributed by atoms with Gasteiger partial charge in [0.1, 0.15) is 19.0 Å². The van der Waals surface area contributed by atoms with Gasteiger partial charge in [-0.25, -0.2) is 4.79 Å². The smallest absolute Gasteiger partial charge is 0.410 e. The molecule has 1 N–H and O–H groups in total. The predicted octanol–water partition coefficient (Wildman–Crippen LogP) is 1.78. The summed E-state index contributed by atoms with van der Waals surface area (Å²) in [5.41, 5.74) is 0.385. The van der Waals surface area contributed by atoms with E-state index in [2.05, 4.69) is 38.5 Å². The van der Waals surface area contributed by atoms with Crippen LogP contribution in [0.2, 0.25) is 13.1 Å². The van der Waals surface area contributed by atoms with Gasteiger partial charge in [0.25, 0.3) is 0 Å². The summed E-state index contributed by atoms with van der Waals surface area (Å²) in [6, 6.07) is 3.20. The number of carbonyl (C=O) groups excluding carboxylic acids is 1. The van der Waals surface area contributed by atoms with Gasteiger partial charge in [-0.3, -0.25) is 4.98 Å². The molecule has 1 aromatic rings. The van der Waals surface area contributed by atoms with Crippen LogP contribution in [0.15, 0.2) is 37.2 Å². The number of pyridine rings is 1. The molecule has 0 saturated carbocycles. The minimum absolute atomic E-state index is 0.0983. The summed E-state index contributed by atoms with van der Waals surface area (Å²) in [4.78, 5) is 18.5. The van der Waals surface area contributed by atoms with Gasteiger partial charge in [0.15, 0.2) is 19.5 Å². The van der Waals surface area contributed by atoms with E-state index < -0.39 is 37.8 Å². The van der Waals surface area contributed by atoms with Crippen LogP contribution < -0.4 is 0 Å². The van der Waals surface area contributed by atoms with Crippen molar-refractivity contribution in [1.29, 1.82) is 0 Å². The molecule has 1 aromatic heterocycles. The van der Waals surface area contributed by atoms with Crippen LogP contribution in [0.3, 0.4) is 0 Å². The van der Waals surface area contributed by atoms with Crippen LogP contribution in [0.25, 0.3) is 0 Å². The van der Waals surface area contributed by atoms with Crippen LogP contribution in [-0.2, 0) is 13.6 Å². The van der Waals surface area contributed by atoms with Crippen molar-refractivity contribution in [1.82, 2.24) is 9.88 Å². The number of hydrogen-bond donors (Lipinski definition) is 1. The van der Waals surface area contributed by atoms with Crippen LogP contribution in [-0.4, -0.2) is 66.1 Å². The molecule has 2 heterocycles. The Morgan fingerprint density at radius 3 is 2.69 bits per heavy atom. The highest BCUT2D eigenvalue weighted by Gasteiger charge is 2.49. The van der Waals surface area contributed by atoms with E-state index in [4.69, 9.17) is 13.6 Å². The molecule has 1 aliphatic rings. The molecule has 1 aliphatic heterocycles. The number of hydrogen-bond acceptors (Lipinski definition) is 6. The Morgan fingerprint density at radius 1 is 1.45 bits per heavy atom. The number of rotatable bonds is 10. The average Bonchev–Trinajstić information content (AvgIpc) is 3.18.